The number of nitrogens with zero attached hydrogens (tertiary/aromatic N) is 3. The van der Waals surface area contributed by atoms with E-state index in [1.807, 2.05) is 39.1 Å². The first-order valence-electron chi connectivity index (χ1n) is 13.5. The topological polar surface area (TPSA) is 92.1 Å². The number of carbonyl (C=O) groups is 1. The molecule has 1 amide bonds. The number of aromatic amines is 2. The number of anilines is 1. The van der Waals surface area contributed by atoms with E-state index in [1.54, 1.807) is 0 Å². The molecule has 0 saturated carbocycles. The first kappa shape index (κ1) is 26.3. The molecule has 8 heteroatoms. The number of rotatable bonds is 8. The van der Waals surface area contributed by atoms with Crippen molar-refractivity contribution >= 4 is 39.0 Å². The highest BCUT2D eigenvalue weighted by atomic mass is 16.1. The molecule has 0 atom stereocenters. The molecule has 4 N–H and O–H groups in total. The molecule has 0 radical (unpaired) electrons. The van der Waals surface area contributed by atoms with Gasteiger partial charge in [0.15, 0.2) is 0 Å². The Morgan fingerprint density at radius 1 is 1.08 bits per heavy atom. The van der Waals surface area contributed by atoms with Gasteiger partial charge in [0.25, 0.3) is 0 Å². The third-order valence-electron chi connectivity index (χ3n) is 7.14. The first-order valence-corrected chi connectivity index (χ1v) is 13.5. The quantitative estimate of drug-likeness (QED) is 0.234. The number of H-pyrrole nitrogens is 2. The summed E-state index contributed by atoms with van der Waals surface area (Å²) < 4.78 is 0. The molecule has 3 heterocycles. The second-order valence-corrected chi connectivity index (χ2v) is 10.3. The number of nitrogens with one attached hydrogen (secondary N) is 4. The van der Waals surface area contributed by atoms with Gasteiger partial charge in [-0.05, 0) is 68.4 Å². The molecule has 1 fully saturated rings. The van der Waals surface area contributed by atoms with Crippen LogP contribution in [0.1, 0.15) is 32.8 Å². The largest absolute Gasteiger partial charge is 0.368 e. The van der Waals surface area contributed by atoms with Crippen LogP contribution in [0.2, 0.25) is 0 Å². The molecule has 0 spiro atoms. The Morgan fingerprint density at radius 3 is 2.62 bits per heavy atom. The summed E-state index contributed by atoms with van der Waals surface area (Å²) in [6.45, 7) is 13.8. The molecular formula is C31H37N7O. The van der Waals surface area contributed by atoms with Crippen LogP contribution in [0.5, 0.6) is 0 Å². The van der Waals surface area contributed by atoms with Crippen LogP contribution in [0.25, 0.3) is 38.8 Å². The van der Waals surface area contributed by atoms with E-state index in [0.717, 1.165) is 76.5 Å². The molecule has 2 aromatic heterocycles. The van der Waals surface area contributed by atoms with Gasteiger partial charge < -0.3 is 25.4 Å². The van der Waals surface area contributed by atoms with Crippen LogP contribution in [0.3, 0.4) is 0 Å². The SMILES string of the molecule is C=C(C)N/C=C(\C=C(/C)NC(=O)CC)c1ccc2[nH]nc(-c3cc4c(N5CCN(C)CC5)cccc4[nH]3)c2c1. The summed E-state index contributed by atoms with van der Waals surface area (Å²) in [5.74, 6) is -0.0155. The van der Waals surface area contributed by atoms with Gasteiger partial charge in [-0.3, -0.25) is 9.89 Å². The monoisotopic (exact) mass is 523 g/mol. The van der Waals surface area contributed by atoms with Crippen LogP contribution in [0.4, 0.5) is 5.69 Å². The van der Waals surface area contributed by atoms with Crippen molar-refractivity contribution in [1.82, 2.24) is 30.7 Å². The van der Waals surface area contributed by atoms with Crippen molar-refractivity contribution in [2.45, 2.75) is 27.2 Å². The average molecular weight is 524 g/mol. The third-order valence-corrected chi connectivity index (χ3v) is 7.14. The van der Waals surface area contributed by atoms with Gasteiger partial charge in [0.1, 0.15) is 5.69 Å². The van der Waals surface area contributed by atoms with Crippen LogP contribution >= 0.6 is 0 Å². The Hall–Kier alpha value is -4.30. The van der Waals surface area contributed by atoms with E-state index in [-0.39, 0.29) is 5.91 Å². The lowest BCUT2D eigenvalue weighted by Crippen LogP contribution is -2.44. The van der Waals surface area contributed by atoms with Crippen LogP contribution in [-0.2, 0) is 4.79 Å². The van der Waals surface area contributed by atoms with E-state index in [1.165, 1.54) is 11.1 Å². The van der Waals surface area contributed by atoms with Crippen LogP contribution in [0, 0.1) is 0 Å². The van der Waals surface area contributed by atoms with Gasteiger partial charge in [0.05, 0.1) is 11.2 Å². The Bertz CT molecular complexity index is 1580. The number of piperazine rings is 1. The summed E-state index contributed by atoms with van der Waals surface area (Å²) in [6.07, 6.45) is 4.31. The van der Waals surface area contributed by atoms with Crippen molar-refractivity contribution in [1.29, 1.82) is 0 Å². The zero-order valence-corrected chi connectivity index (χ0v) is 23.2. The van der Waals surface area contributed by atoms with Gasteiger partial charge in [0.2, 0.25) is 5.91 Å². The molecule has 2 aromatic carbocycles. The molecule has 8 nitrogen and oxygen atoms in total. The lowest BCUT2D eigenvalue weighted by Gasteiger charge is -2.34. The second kappa shape index (κ2) is 11.2. The van der Waals surface area contributed by atoms with Crippen molar-refractivity contribution < 1.29 is 4.79 Å². The summed E-state index contributed by atoms with van der Waals surface area (Å²) in [4.78, 5) is 20.4. The number of likely N-dealkylation sites (N-methyl/N-ethyl adjacent to an activating group) is 1. The summed E-state index contributed by atoms with van der Waals surface area (Å²) in [5, 5.41) is 16.3. The third kappa shape index (κ3) is 5.76. The Kier molecular flexibility index (Phi) is 7.56. The second-order valence-electron chi connectivity index (χ2n) is 10.3. The standard InChI is InChI=1S/C31H37N7O/c1-6-30(39)33-21(4)16-23(19-32-20(2)3)22-10-11-27-25(17-22)31(36-35-27)28-18-24-26(34-28)8-7-9-29(24)38-14-12-37(5)13-15-38/h7-11,16-19,32,34H,2,6,12-15H2,1,3-5H3,(H,33,39)(H,35,36)/b21-16+,23-19+. The van der Waals surface area contributed by atoms with Crippen molar-refractivity contribution in [3.05, 3.63) is 78.3 Å². The van der Waals surface area contributed by atoms with Gasteiger partial charge in [-0.25, -0.2) is 0 Å². The smallest absolute Gasteiger partial charge is 0.223 e. The minimum atomic E-state index is -0.0155. The minimum Gasteiger partial charge on any atom is -0.368 e. The van der Waals surface area contributed by atoms with Gasteiger partial charge >= 0.3 is 0 Å². The van der Waals surface area contributed by atoms with Gasteiger partial charge in [-0.1, -0.05) is 25.6 Å². The molecule has 1 aliphatic rings. The van der Waals surface area contributed by atoms with E-state index in [0.29, 0.717) is 6.42 Å². The molecule has 5 rings (SSSR count). The number of amides is 1. The number of hydrogen-bond acceptors (Lipinski definition) is 5. The molecule has 0 unspecified atom stereocenters. The number of carbonyl (C=O) groups excluding carboxylic acids is 1. The lowest BCUT2D eigenvalue weighted by molar-refractivity contribution is -0.120. The molecule has 39 heavy (non-hydrogen) atoms. The lowest BCUT2D eigenvalue weighted by atomic mass is 10.0. The first-order chi connectivity index (χ1) is 18.8. The van der Waals surface area contributed by atoms with Crippen molar-refractivity contribution in [3.8, 4) is 11.4 Å². The number of allylic oxidation sites excluding steroid dienone is 4. The number of hydrogen-bond donors (Lipinski definition) is 4. The Morgan fingerprint density at radius 2 is 1.87 bits per heavy atom. The zero-order chi connectivity index (χ0) is 27.5. The van der Waals surface area contributed by atoms with E-state index in [9.17, 15) is 4.79 Å². The zero-order valence-electron chi connectivity index (χ0n) is 23.2. The van der Waals surface area contributed by atoms with E-state index in [4.69, 9.17) is 5.10 Å². The highest BCUT2D eigenvalue weighted by molar-refractivity contribution is 6.01. The predicted molar refractivity (Wildman–Crippen MR) is 161 cm³/mol. The molecular weight excluding hydrogens is 486 g/mol. The van der Waals surface area contributed by atoms with Gasteiger partial charge in [-0.2, -0.15) is 5.10 Å². The van der Waals surface area contributed by atoms with Gasteiger partial charge in [0, 0.05) is 72.2 Å². The van der Waals surface area contributed by atoms with Crippen LogP contribution < -0.4 is 15.5 Å². The van der Waals surface area contributed by atoms with Gasteiger partial charge in [-0.15, -0.1) is 0 Å². The average Bonchev–Trinajstić information content (AvgIpc) is 3.55. The maximum Gasteiger partial charge on any atom is 0.223 e. The maximum atomic E-state index is 11.9. The molecule has 1 saturated heterocycles. The number of benzene rings is 2. The summed E-state index contributed by atoms with van der Waals surface area (Å²) >= 11 is 0. The fraction of sp³-hybridized carbons (Fsp3) is 0.290. The summed E-state index contributed by atoms with van der Waals surface area (Å²) in [5.41, 5.74) is 8.69. The number of fused-ring (bicyclic) bond motifs is 2. The summed E-state index contributed by atoms with van der Waals surface area (Å²) in [7, 11) is 2.18. The van der Waals surface area contributed by atoms with Crippen molar-refractivity contribution in [3.63, 3.8) is 0 Å². The normalized spacial score (nSPS) is 15.2. The summed E-state index contributed by atoms with van der Waals surface area (Å²) in [6, 6.07) is 14.9. The van der Waals surface area contributed by atoms with E-state index < -0.39 is 0 Å². The van der Waals surface area contributed by atoms with Crippen LogP contribution in [0.15, 0.2) is 72.7 Å². The Labute approximate surface area is 229 Å². The molecule has 0 aliphatic carbocycles. The molecule has 1 aliphatic heterocycles. The molecule has 4 aromatic rings. The Balaban J connectivity index is 1.54. The minimum absolute atomic E-state index is 0.0155. The number of aromatic nitrogens is 3. The predicted octanol–water partition coefficient (Wildman–Crippen LogP) is 5.36. The molecule has 0 bridgehead atoms. The van der Waals surface area contributed by atoms with E-state index >= 15 is 0 Å². The molecule has 202 valence electrons. The maximum absolute atomic E-state index is 11.9. The van der Waals surface area contributed by atoms with Crippen molar-refractivity contribution in [2.75, 3.05) is 38.1 Å². The van der Waals surface area contributed by atoms with Crippen LogP contribution in [-0.4, -0.2) is 59.2 Å². The fourth-order valence-corrected chi connectivity index (χ4v) is 4.98. The highest BCUT2D eigenvalue weighted by Crippen LogP contribution is 2.34. The fourth-order valence-electron chi connectivity index (χ4n) is 4.98. The van der Waals surface area contributed by atoms with Crippen molar-refractivity contribution in [2.24, 2.45) is 0 Å². The highest BCUT2D eigenvalue weighted by Gasteiger charge is 2.19. The van der Waals surface area contributed by atoms with E-state index in [2.05, 4.69) is 80.5 Å².